The van der Waals surface area contributed by atoms with Crippen molar-refractivity contribution in [1.82, 2.24) is 0 Å². The summed E-state index contributed by atoms with van der Waals surface area (Å²) < 4.78 is 0.898. The Bertz CT molecular complexity index is 620. The van der Waals surface area contributed by atoms with Gasteiger partial charge in [-0.05, 0) is 43.2 Å². The number of benzene rings is 2. The van der Waals surface area contributed by atoms with Crippen molar-refractivity contribution in [2.45, 2.75) is 13.8 Å². The lowest BCUT2D eigenvalue weighted by Crippen LogP contribution is -2.04. The molecule has 0 aliphatic rings. The Morgan fingerprint density at radius 1 is 1.06 bits per heavy atom. The van der Waals surface area contributed by atoms with Crippen molar-refractivity contribution < 1.29 is 4.79 Å². The Labute approximate surface area is 120 Å². The van der Waals surface area contributed by atoms with E-state index in [0.29, 0.717) is 16.1 Å². The fraction of sp³-hybridized carbons (Fsp3) is 0.133. The van der Waals surface area contributed by atoms with Gasteiger partial charge < -0.3 is 0 Å². The third-order valence-corrected chi connectivity index (χ3v) is 3.78. The molecule has 0 saturated heterocycles. The number of hydrogen-bond donors (Lipinski definition) is 0. The molecule has 92 valence electrons. The third-order valence-electron chi connectivity index (χ3n) is 2.88. The van der Waals surface area contributed by atoms with Crippen molar-refractivity contribution in [3.8, 4) is 0 Å². The number of carbonyl (C=O) groups excluding carboxylic acids is 1. The molecule has 0 aliphatic heterocycles. The normalized spacial score (nSPS) is 10.4. The molecule has 0 radical (unpaired) electrons. The summed E-state index contributed by atoms with van der Waals surface area (Å²) >= 11 is 9.44. The average molecular weight is 324 g/mol. The monoisotopic (exact) mass is 322 g/mol. The summed E-state index contributed by atoms with van der Waals surface area (Å²) in [6.45, 7) is 3.84. The summed E-state index contributed by atoms with van der Waals surface area (Å²) in [4.78, 5) is 12.4. The van der Waals surface area contributed by atoms with Crippen LogP contribution in [0.4, 0.5) is 0 Å². The third kappa shape index (κ3) is 2.65. The molecule has 0 bridgehead atoms. The Hall–Kier alpha value is -1.12. The van der Waals surface area contributed by atoms with Crippen molar-refractivity contribution in [1.29, 1.82) is 0 Å². The Kier molecular flexibility index (Phi) is 3.88. The number of carbonyl (C=O) groups is 1. The van der Waals surface area contributed by atoms with Gasteiger partial charge in [-0.1, -0.05) is 45.7 Å². The van der Waals surface area contributed by atoms with Crippen molar-refractivity contribution >= 4 is 33.3 Å². The van der Waals surface area contributed by atoms with Crippen LogP contribution in [0.25, 0.3) is 0 Å². The van der Waals surface area contributed by atoms with Gasteiger partial charge >= 0.3 is 0 Å². The Morgan fingerprint density at radius 3 is 2.39 bits per heavy atom. The van der Waals surface area contributed by atoms with E-state index in [1.165, 1.54) is 0 Å². The fourth-order valence-electron chi connectivity index (χ4n) is 1.73. The van der Waals surface area contributed by atoms with Crippen LogP contribution in [-0.2, 0) is 0 Å². The maximum Gasteiger partial charge on any atom is 0.193 e. The van der Waals surface area contributed by atoms with E-state index in [-0.39, 0.29) is 5.78 Å². The van der Waals surface area contributed by atoms with E-state index in [1.54, 1.807) is 6.07 Å². The maximum atomic E-state index is 12.4. The van der Waals surface area contributed by atoms with Gasteiger partial charge in [-0.15, -0.1) is 0 Å². The number of halogens is 2. The van der Waals surface area contributed by atoms with Crippen LogP contribution in [0.3, 0.4) is 0 Å². The van der Waals surface area contributed by atoms with E-state index in [4.69, 9.17) is 11.6 Å². The highest BCUT2D eigenvalue weighted by Crippen LogP contribution is 2.22. The lowest BCUT2D eigenvalue weighted by Gasteiger charge is -2.07. The second-order valence-electron chi connectivity index (χ2n) is 4.25. The molecule has 0 amide bonds. The van der Waals surface area contributed by atoms with Crippen molar-refractivity contribution in [2.24, 2.45) is 0 Å². The molecular weight excluding hydrogens is 312 g/mol. The van der Waals surface area contributed by atoms with Gasteiger partial charge in [0.1, 0.15) is 0 Å². The van der Waals surface area contributed by atoms with Crippen LogP contribution < -0.4 is 0 Å². The van der Waals surface area contributed by atoms with Gasteiger partial charge in [-0.3, -0.25) is 4.79 Å². The van der Waals surface area contributed by atoms with E-state index < -0.39 is 0 Å². The van der Waals surface area contributed by atoms with Crippen LogP contribution in [0, 0.1) is 13.8 Å². The zero-order valence-corrected chi connectivity index (χ0v) is 12.5. The van der Waals surface area contributed by atoms with Crippen molar-refractivity contribution in [2.75, 3.05) is 0 Å². The minimum atomic E-state index is -0.00398. The SMILES string of the molecule is Cc1ccc(C(=O)c2cc(Br)ccc2C)cc1Cl. The summed E-state index contributed by atoms with van der Waals surface area (Å²) in [5.41, 5.74) is 3.25. The summed E-state index contributed by atoms with van der Waals surface area (Å²) in [7, 11) is 0. The first kappa shape index (κ1) is 13.3. The smallest absolute Gasteiger partial charge is 0.193 e. The van der Waals surface area contributed by atoms with Crippen LogP contribution in [0.2, 0.25) is 5.02 Å². The summed E-state index contributed by atoms with van der Waals surface area (Å²) in [5, 5.41) is 0.619. The molecule has 2 aromatic rings. The number of aryl methyl sites for hydroxylation is 2. The molecule has 18 heavy (non-hydrogen) atoms. The molecule has 3 heteroatoms. The number of ketones is 1. The lowest BCUT2D eigenvalue weighted by molar-refractivity contribution is 0.103. The first-order valence-electron chi connectivity index (χ1n) is 5.56. The zero-order chi connectivity index (χ0) is 13.3. The lowest BCUT2D eigenvalue weighted by atomic mass is 9.98. The van der Waals surface area contributed by atoms with Crippen molar-refractivity contribution in [3.05, 3.63) is 68.1 Å². The molecule has 0 fully saturated rings. The summed E-state index contributed by atoms with van der Waals surface area (Å²) in [5.74, 6) is -0.00398. The predicted octanol–water partition coefficient (Wildman–Crippen LogP) is 4.95. The molecule has 0 aromatic heterocycles. The van der Waals surface area contributed by atoms with E-state index in [2.05, 4.69) is 15.9 Å². The first-order chi connectivity index (χ1) is 8.49. The van der Waals surface area contributed by atoms with Crippen molar-refractivity contribution in [3.63, 3.8) is 0 Å². The maximum absolute atomic E-state index is 12.4. The number of hydrogen-bond acceptors (Lipinski definition) is 1. The van der Waals surface area contributed by atoms with Gasteiger partial charge in [-0.25, -0.2) is 0 Å². The highest BCUT2D eigenvalue weighted by Gasteiger charge is 2.13. The largest absolute Gasteiger partial charge is 0.289 e. The zero-order valence-electron chi connectivity index (χ0n) is 10.1. The van der Waals surface area contributed by atoms with Gasteiger partial charge in [0.15, 0.2) is 5.78 Å². The van der Waals surface area contributed by atoms with Crippen LogP contribution in [0.5, 0.6) is 0 Å². The van der Waals surface area contributed by atoms with E-state index in [1.807, 2.05) is 44.2 Å². The molecule has 0 heterocycles. The van der Waals surface area contributed by atoms with Crippen LogP contribution in [0.1, 0.15) is 27.0 Å². The first-order valence-corrected chi connectivity index (χ1v) is 6.73. The average Bonchev–Trinajstić information content (AvgIpc) is 2.35. The molecule has 0 unspecified atom stereocenters. The van der Waals surface area contributed by atoms with E-state index in [9.17, 15) is 4.79 Å². The van der Waals surface area contributed by atoms with E-state index >= 15 is 0 Å². The molecule has 0 atom stereocenters. The van der Waals surface area contributed by atoms with Gasteiger partial charge in [0.25, 0.3) is 0 Å². The van der Waals surface area contributed by atoms with Gasteiger partial charge in [0.05, 0.1) is 0 Å². The molecule has 0 saturated carbocycles. The fourth-order valence-corrected chi connectivity index (χ4v) is 2.27. The summed E-state index contributed by atoms with van der Waals surface area (Å²) in [6.07, 6.45) is 0. The molecule has 0 spiro atoms. The topological polar surface area (TPSA) is 17.1 Å². The minimum absolute atomic E-state index is 0.00398. The molecule has 1 nitrogen and oxygen atoms in total. The second kappa shape index (κ2) is 5.25. The molecular formula is C15H12BrClO. The highest BCUT2D eigenvalue weighted by molar-refractivity contribution is 9.10. The second-order valence-corrected chi connectivity index (χ2v) is 5.58. The quantitative estimate of drug-likeness (QED) is 0.715. The highest BCUT2D eigenvalue weighted by atomic mass is 79.9. The molecule has 2 aromatic carbocycles. The number of rotatable bonds is 2. The predicted molar refractivity (Wildman–Crippen MR) is 78.5 cm³/mol. The van der Waals surface area contributed by atoms with Gasteiger partial charge in [0.2, 0.25) is 0 Å². The van der Waals surface area contributed by atoms with Crippen LogP contribution >= 0.6 is 27.5 Å². The van der Waals surface area contributed by atoms with Crippen LogP contribution in [-0.4, -0.2) is 5.78 Å². The standard InChI is InChI=1S/C15H12BrClO/c1-9-4-6-12(16)8-13(9)15(18)11-5-3-10(2)14(17)7-11/h3-8H,1-2H3. The summed E-state index contributed by atoms with van der Waals surface area (Å²) in [6, 6.07) is 11.1. The minimum Gasteiger partial charge on any atom is -0.289 e. The van der Waals surface area contributed by atoms with Crippen LogP contribution in [0.15, 0.2) is 40.9 Å². The van der Waals surface area contributed by atoms with E-state index in [0.717, 1.165) is 15.6 Å². The Balaban J connectivity index is 2.47. The van der Waals surface area contributed by atoms with Gasteiger partial charge in [-0.2, -0.15) is 0 Å². The molecule has 0 aliphatic carbocycles. The van der Waals surface area contributed by atoms with Gasteiger partial charge in [0, 0.05) is 20.6 Å². The Morgan fingerprint density at radius 2 is 1.72 bits per heavy atom. The molecule has 0 N–H and O–H groups in total. The molecule has 2 rings (SSSR count).